The van der Waals surface area contributed by atoms with Crippen LogP contribution in [-0.4, -0.2) is 133 Å². The molecule has 4 rings (SSSR count). The van der Waals surface area contributed by atoms with Crippen LogP contribution in [0.25, 0.3) is 0 Å². The maximum atomic E-state index is 13.1. The predicted octanol–water partition coefficient (Wildman–Crippen LogP) is -3.63. The van der Waals surface area contributed by atoms with Crippen molar-refractivity contribution in [3.63, 3.8) is 0 Å². The summed E-state index contributed by atoms with van der Waals surface area (Å²) in [6.07, 6.45) is -10.4. The van der Waals surface area contributed by atoms with E-state index in [-0.39, 0.29) is 12.4 Å². The zero-order valence-corrected chi connectivity index (χ0v) is 27.2. The summed E-state index contributed by atoms with van der Waals surface area (Å²) in [6, 6.07) is -0.328. The Hall–Kier alpha value is -3.41. The lowest BCUT2D eigenvalue weighted by Gasteiger charge is -2.46. The van der Waals surface area contributed by atoms with Crippen LogP contribution in [0.1, 0.15) is 45.0 Å². The molecule has 0 spiro atoms. The number of rotatable bonds is 15. The number of aryl methyl sites for hydroxylation is 1. The summed E-state index contributed by atoms with van der Waals surface area (Å²) in [6.45, 7) is 1.65. The lowest BCUT2D eigenvalue weighted by molar-refractivity contribution is -0.288. The van der Waals surface area contributed by atoms with Crippen LogP contribution in [0.15, 0.2) is 23.3 Å². The molecule has 2 fully saturated rings. The first-order valence-corrected chi connectivity index (χ1v) is 16.6. The molecule has 1 amide bonds. The monoisotopic (exact) mass is 721 g/mol. The lowest BCUT2D eigenvalue weighted by atomic mass is 9.88. The second-order valence-corrected chi connectivity index (χ2v) is 13.1. The van der Waals surface area contributed by atoms with Gasteiger partial charge in [-0.3, -0.25) is 13.9 Å². The van der Waals surface area contributed by atoms with Crippen molar-refractivity contribution < 1.29 is 68.2 Å². The van der Waals surface area contributed by atoms with Crippen LogP contribution in [0.4, 0.5) is 5.82 Å². The topological polar surface area (TPSA) is 333 Å². The molecule has 23 heteroatoms. The Bertz CT molecular complexity index is 1580. The number of hydrogen-bond acceptors (Lipinski definition) is 17. The number of phosphoric acid groups is 1. The van der Waals surface area contributed by atoms with Gasteiger partial charge in [-0.05, 0) is 18.9 Å². The van der Waals surface area contributed by atoms with E-state index in [2.05, 4.69) is 20.6 Å². The van der Waals surface area contributed by atoms with Gasteiger partial charge in [0.25, 0.3) is 5.79 Å². The SMILES string of the molecule is CCCCc1cn(C[C@@H](O)[C@@H](O)[C@@H]2O[C@](OP(=O)(O)OC[C@H]3O[C@@H](n4ccc(N)nc4=O)[C@H](O)[C@@H]3O)(C(=O)O)C[C@H](O)[C@H]2NC(C)=O)nn1. The molecule has 4 heterocycles. The van der Waals surface area contributed by atoms with E-state index >= 15 is 0 Å². The minimum atomic E-state index is -5.54. The Morgan fingerprint density at radius 1 is 1.27 bits per heavy atom. The van der Waals surface area contributed by atoms with Gasteiger partial charge in [-0.25, -0.2) is 23.4 Å². The highest BCUT2D eigenvalue weighted by molar-refractivity contribution is 7.47. The van der Waals surface area contributed by atoms with Crippen LogP contribution < -0.4 is 16.7 Å². The van der Waals surface area contributed by atoms with Gasteiger partial charge in [-0.2, -0.15) is 4.98 Å². The number of aliphatic carboxylic acids is 1. The number of nitrogens with one attached hydrogen (secondary N) is 1. The van der Waals surface area contributed by atoms with E-state index in [0.717, 1.165) is 30.5 Å². The first-order chi connectivity index (χ1) is 23.0. The molecule has 0 bridgehead atoms. The van der Waals surface area contributed by atoms with Gasteiger partial charge in [0.1, 0.15) is 42.4 Å². The van der Waals surface area contributed by atoms with Crippen molar-refractivity contribution in [2.45, 2.75) is 107 Å². The third-order valence-corrected chi connectivity index (χ3v) is 8.87. The zero-order valence-electron chi connectivity index (χ0n) is 26.3. The molecule has 49 heavy (non-hydrogen) atoms. The van der Waals surface area contributed by atoms with Gasteiger partial charge < -0.3 is 56.1 Å². The summed E-state index contributed by atoms with van der Waals surface area (Å²) in [5.41, 5.74) is 5.12. The zero-order chi connectivity index (χ0) is 36.3. The van der Waals surface area contributed by atoms with Crippen molar-refractivity contribution in [1.82, 2.24) is 29.9 Å². The fraction of sp³-hybridized carbons (Fsp3) is 0.692. The number of aliphatic hydroxyl groups is 5. The highest BCUT2D eigenvalue weighted by atomic mass is 31.2. The first kappa shape index (κ1) is 38.4. The Balaban J connectivity index is 1.50. The summed E-state index contributed by atoms with van der Waals surface area (Å²) >= 11 is 0. The number of aromatic nitrogens is 5. The molecule has 274 valence electrons. The van der Waals surface area contributed by atoms with Crippen molar-refractivity contribution >= 4 is 25.5 Å². The highest BCUT2D eigenvalue weighted by Gasteiger charge is 2.59. The molecule has 22 nitrogen and oxygen atoms in total. The Labute approximate surface area is 277 Å². The molecule has 0 aromatic carbocycles. The van der Waals surface area contributed by atoms with E-state index in [1.807, 2.05) is 6.92 Å². The number of unbranched alkanes of at least 4 members (excludes halogenated alkanes) is 1. The van der Waals surface area contributed by atoms with Crippen molar-refractivity contribution in [2.24, 2.45) is 0 Å². The lowest BCUT2D eigenvalue weighted by Crippen LogP contribution is -2.67. The van der Waals surface area contributed by atoms with Crippen molar-refractivity contribution in [3.05, 3.63) is 34.6 Å². The number of nitrogens with zero attached hydrogens (tertiary/aromatic N) is 5. The van der Waals surface area contributed by atoms with Crippen LogP contribution in [0.2, 0.25) is 0 Å². The Morgan fingerprint density at radius 3 is 2.61 bits per heavy atom. The molecule has 2 aliphatic rings. The molecule has 10 N–H and O–H groups in total. The van der Waals surface area contributed by atoms with Gasteiger partial charge in [-0.15, -0.1) is 5.10 Å². The standard InChI is InChI=1S/C26H40N7O15P/c1-3-4-5-13-9-32(31-30-13)10-15(36)19(37)22-18(28-12(2)34)14(35)8-26(47-22,24(40)41)48-49(43,44)45-11-16-20(38)21(39)23(46-16)33-7-6-17(27)29-25(33)42/h6-7,9,14-16,18-23,35-39H,3-5,8,10-11H2,1-2H3,(H,28,34)(H,40,41)(H,43,44)(H2,27,29,42)/t14-,15+,16+,18+,19+,20+,21+,22+,23+,26+/m0/s1. The number of aliphatic hydroxyl groups excluding tert-OH is 5. The molecule has 0 saturated carbocycles. The first-order valence-electron chi connectivity index (χ1n) is 15.1. The van der Waals surface area contributed by atoms with Gasteiger partial charge in [-0.1, -0.05) is 18.6 Å². The van der Waals surface area contributed by atoms with Crippen LogP contribution in [-0.2, 0) is 45.6 Å². The number of carbonyl (C=O) groups excluding carboxylic acids is 1. The maximum Gasteiger partial charge on any atom is 0.475 e. The molecule has 0 aliphatic carbocycles. The molecule has 2 aliphatic heterocycles. The second-order valence-electron chi connectivity index (χ2n) is 11.7. The van der Waals surface area contributed by atoms with E-state index in [0.29, 0.717) is 12.1 Å². The highest BCUT2D eigenvalue weighted by Crippen LogP contribution is 2.51. The van der Waals surface area contributed by atoms with Gasteiger partial charge >= 0.3 is 19.5 Å². The summed E-state index contributed by atoms with van der Waals surface area (Å²) in [5.74, 6) is -6.12. The summed E-state index contributed by atoms with van der Waals surface area (Å²) in [4.78, 5) is 50.7. The third kappa shape index (κ3) is 9.04. The molecular weight excluding hydrogens is 681 g/mol. The molecule has 0 radical (unpaired) electrons. The van der Waals surface area contributed by atoms with Crippen LogP contribution in [0.5, 0.6) is 0 Å². The number of ether oxygens (including phenoxy) is 2. The molecular formula is C26H40N7O15P. The largest absolute Gasteiger partial charge is 0.477 e. The smallest absolute Gasteiger partial charge is 0.475 e. The number of carbonyl (C=O) groups is 2. The number of hydrogen-bond donors (Lipinski definition) is 9. The van der Waals surface area contributed by atoms with Gasteiger partial charge in [0.05, 0.1) is 31.0 Å². The average Bonchev–Trinajstić information content (AvgIpc) is 3.58. The number of nitrogen functional groups attached to an aromatic ring is 1. The van der Waals surface area contributed by atoms with E-state index in [1.54, 1.807) is 0 Å². The number of nitrogens with two attached hydrogens (primary N) is 1. The molecule has 2 aromatic heterocycles. The van der Waals surface area contributed by atoms with E-state index in [9.17, 15) is 54.5 Å². The average molecular weight is 722 g/mol. The second kappa shape index (κ2) is 15.6. The normalized spacial score (nSPS) is 31.1. The van der Waals surface area contributed by atoms with Crippen molar-refractivity contribution in [2.75, 3.05) is 12.3 Å². The number of carboxylic acids is 1. The summed E-state index contributed by atoms with van der Waals surface area (Å²) in [7, 11) is -5.54. The number of phosphoric ester groups is 1. The van der Waals surface area contributed by atoms with Crippen molar-refractivity contribution in [1.29, 1.82) is 0 Å². The van der Waals surface area contributed by atoms with Crippen LogP contribution >= 0.6 is 7.82 Å². The predicted molar refractivity (Wildman–Crippen MR) is 160 cm³/mol. The maximum absolute atomic E-state index is 13.1. The van der Waals surface area contributed by atoms with Gasteiger partial charge in [0, 0.05) is 25.7 Å². The number of carboxylic acid groups (broad SMARTS) is 1. The third-order valence-electron chi connectivity index (χ3n) is 7.87. The summed E-state index contributed by atoms with van der Waals surface area (Å²) in [5, 5.41) is 74.0. The van der Waals surface area contributed by atoms with Crippen LogP contribution in [0.3, 0.4) is 0 Å². The molecule has 1 unspecified atom stereocenters. The van der Waals surface area contributed by atoms with E-state index in [4.69, 9.17) is 24.3 Å². The quantitative estimate of drug-likeness (QED) is 0.0801. The van der Waals surface area contributed by atoms with Gasteiger partial charge in [0.15, 0.2) is 6.23 Å². The number of amides is 1. The molecule has 2 saturated heterocycles. The van der Waals surface area contributed by atoms with E-state index < -0.39 is 99.2 Å². The molecule has 2 aromatic rings. The fourth-order valence-corrected chi connectivity index (χ4v) is 6.36. The molecule has 11 atom stereocenters. The van der Waals surface area contributed by atoms with Gasteiger partial charge in [0.2, 0.25) is 5.91 Å². The summed E-state index contributed by atoms with van der Waals surface area (Å²) < 4.78 is 35.8. The van der Waals surface area contributed by atoms with Crippen molar-refractivity contribution in [3.8, 4) is 0 Å². The minimum Gasteiger partial charge on any atom is -0.477 e. The fourth-order valence-electron chi connectivity index (χ4n) is 5.41. The Kier molecular flexibility index (Phi) is 12.3. The van der Waals surface area contributed by atoms with E-state index in [1.165, 1.54) is 16.9 Å². The Morgan fingerprint density at radius 2 is 1.98 bits per heavy atom. The number of anilines is 1. The minimum absolute atomic E-state index is 0.130. The van der Waals surface area contributed by atoms with Crippen LogP contribution in [0, 0.1) is 0 Å².